The van der Waals surface area contributed by atoms with Gasteiger partial charge in [0.05, 0.1) is 17.7 Å². The van der Waals surface area contributed by atoms with Crippen LogP contribution in [0, 0.1) is 6.92 Å². The van der Waals surface area contributed by atoms with Crippen molar-refractivity contribution < 1.29 is 9.21 Å². The SMILES string of the molecule is Cc1ccoc1C(=O)NC1c2ccccc2CC1Cl. The Hall–Kier alpha value is -1.74. The molecule has 2 atom stereocenters. The zero-order chi connectivity index (χ0) is 13.4. The Kier molecular flexibility index (Phi) is 3.07. The number of benzene rings is 1. The second kappa shape index (κ2) is 4.74. The molecule has 0 saturated heterocycles. The Morgan fingerprint density at radius 2 is 2.16 bits per heavy atom. The largest absolute Gasteiger partial charge is 0.459 e. The van der Waals surface area contributed by atoms with Crippen molar-refractivity contribution in [2.24, 2.45) is 0 Å². The minimum absolute atomic E-state index is 0.114. The summed E-state index contributed by atoms with van der Waals surface area (Å²) >= 11 is 6.34. The number of fused-ring (bicyclic) bond motifs is 1. The number of alkyl halides is 1. The van der Waals surface area contributed by atoms with Crippen molar-refractivity contribution in [2.75, 3.05) is 0 Å². The summed E-state index contributed by atoms with van der Waals surface area (Å²) in [4.78, 5) is 12.2. The normalized spacial score (nSPS) is 21.2. The van der Waals surface area contributed by atoms with E-state index >= 15 is 0 Å². The zero-order valence-corrected chi connectivity index (χ0v) is 11.3. The van der Waals surface area contributed by atoms with Gasteiger partial charge in [0.2, 0.25) is 0 Å². The molecule has 0 bridgehead atoms. The number of hydrogen-bond donors (Lipinski definition) is 1. The smallest absolute Gasteiger partial charge is 0.287 e. The van der Waals surface area contributed by atoms with Crippen LogP contribution in [0.4, 0.5) is 0 Å². The van der Waals surface area contributed by atoms with Gasteiger partial charge in [0.1, 0.15) is 0 Å². The highest BCUT2D eigenvalue weighted by atomic mass is 35.5. The number of nitrogens with one attached hydrogen (secondary N) is 1. The Morgan fingerprint density at radius 1 is 1.37 bits per heavy atom. The molecule has 0 spiro atoms. The van der Waals surface area contributed by atoms with E-state index < -0.39 is 0 Å². The molecular formula is C15H14ClNO2. The number of rotatable bonds is 2. The van der Waals surface area contributed by atoms with E-state index in [4.69, 9.17) is 16.0 Å². The summed E-state index contributed by atoms with van der Waals surface area (Å²) in [5.41, 5.74) is 3.12. The minimum atomic E-state index is -0.213. The first-order valence-electron chi connectivity index (χ1n) is 6.23. The number of carbonyl (C=O) groups is 1. The topological polar surface area (TPSA) is 42.2 Å². The third-order valence-corrected chi connectivity index (χ3v) is 3.93. The molecule has 0 fully saturated rings. The molecule has 1 aromatic carbocycles. The molecular weight excluding hydrogens is 262 g/mol. The van der Waals surface area contributed by atoms with Crippen molar-refractivity contribution in [2.45, 2.75) is 24.8 Å². The number of aryl methyl sites for hydroxylation is 1. The fourth-order valence-corrected chi connectivity index (χ4v) is 2.89. The van der Waals surface area contributed by atoms with Gasteiger partial charge in [-0.3, -0.25) is 4.79 Å². The summed E-state index contributed by atoms with van der Waals surface area (Å²) in [6.45, 7) is 1.85. The van der Waals surface area contributed by atoms with Crippen LogP contribution >= 0.6 is 11.6 Å². The van der Waals surface area contributed by atoms with E-state index in [2.05, 4.69) is 11.4 Å². The molecule has 1 N–H and O–H groups in total. The summed E-state index contributed by atoms with van der Waals surface area (Å²) in [6, 6.07) is 9.63. The van der Waals surface area contributed by atoms with E-state index in [1.807, 2.05) is 25.1 Å². The van der Waals surface area contributed by atoms with Crippen LogP contribution in [0.2, 0.25) is 0 Å². The fraction of sp³-hybridized carbons (Fsp3) is 0.267. The third kappa shape index (κ3) is 2.15. The predicted octanol–water partition coefficient (Wildman–Crippen LogP) is 3.22. The monoisotopic (exact) mass is 275 g/mol. The van der Waals surface area contributed by atoms with Gasteiger partial charge in [-0.15, -0.1) is 11.6 Å². The lowest BCUT2D eigenvalue weighted by molar-refractivity contribution is 0.0908. The van der Waals surface area contributed by atoms with E-state index in [0.29, 0.717) is 5.76 Å². The Balaban J connectivity index is 1.84. The molecule has 1 aliphatic rings. The number of carbonyl (C=O) groups excluding carboxylic acids is 1. The summed E-state index contributed by atoms with van der Waals surface area (Å²) in [5, 5.41) is 2.85. The molecule has 2 aromatic rings. The molecule has 1 heterocycles. The number of amides is 1. The molecule has 1 aromatic heterocycles. The Morgan fingerprint density at radius 3 is 2.89 bits per heavy atom. The summed E-state index contributed by atoms with van der Waals surface area (Å²) in [6.07, 6.45) is 2.30. The molecule has 0 aliphatic heterocycles. The van der Waals surface area contributed by atoms with Crippen LogP contribution in [-0.4, -0.2) is 11.3 Å². The molecule has 0 radical (unpaired) electrons. The van der Waals surface area contributed by atoms with Gasteiger partial charge in [0, 0.05) is 5.56 Å². The van der Waals surface area contributed by atoms with Crippen molar-refractivity contribution >= 4 is 17.5 Å². The molecule has 2 unspecified atom stereocenters. The molecule has 1 aliphatic carbocycles. The molecule has 4 heteroatoms. The lowest BCUT2D eigenvalue weighted by Gasteiger charge is -2.16. The van der Waals surface area contributed by atoms with E-state index in [-0.39, 0.29) is 17.3 Å². The second-order valence-electron chi connectivity index (χ2n) is 4.80. The van der Waals surface area contributed by atoms with E-state index in [0.717, 1.165) is 17.5 Å². The molecule has 19 heavy (non-hydrogen) atoms. The molecule has 98 valence electrons. The van der Waals surface area contributed by atoms with Gasteiger partial charge in [-0.2, -0.15) is 0 Å². The van der Waals surface area contributed by atoms with Gasteiger partial charge < -0.3 is 9.73 Å². The van der Waals surface area contributed by atoms with Gasteiger partial charge in [-0.25, -0.2) is 0 Å². The highest BCUT2D eigenvalue weighted by Gasteiger charge is 2.32. The van der Waals surface area contributed by atoms with E-state index in [9.17, 15) is 4.79 Å². The highest BCUT2D eigenvalue weighted by molar-refractivity contribution is 6.21. The summed E-state index contributed by atoms with van der Waals surface area (Å²) in [7, 11) is 0. The summed E-state index contributed by atoms with van der Waals surface area (Å²) in [5.74, 6) is 0.142. The quantitative estimate of drug-likeness (QED) is 0.855. The van der Waals surface area contributed by atoms with Crippen molar-refractivity contribution in [1.29, 1.82) is 0 Å². The molecule has 3 rings (SSSR count). The van der Waals surface area contributed by atoms with Gasteiger partial charge in [-0.05, 0) is 30.5 Å². The predicted molar refractivity (Wildman–Crippen MR) is 73.4 cm³/mol. The van der Waals surface area contributed by atoms with E-state index in [1.54, 1.807) is 6.07 Å². The van der Waals surface area contributed by atoms with Crippen LogP contribution in [0.1, 0.15) is 33.3 Å². The fourth-order valence-electron chi connectivity index (χ4n) is 2.53. The van der Waals surface area contributed by atoms with Crippen molar-refractivity contribution in [1.82, 2.24) is 5.32 Å². The van der Waals surface area contributed by atoms with Crippen LogP contribution < -0.4 is 5.32 Å². The van der Waals surface area contributed by atoms with Crippen LogP contribution in [0.25, 0.3) is 0 Å². The third-order valence-electron chi connectivity index (χ3n) is 3.52. The molecule has 0 saturated carbocycles. The maximum Gasteiger partial charge on any atom is 0.287 e. The molecule has 1 amide bonds. The standard InChI is InChI=1S/C15H14ClNO2/c1-9-6-7-19-14(9)15(18)17-13-11-5-3-2-4-10(11)8-12(13)16/h2-7,12-13H,8H2,1H3,(H,17,18). The van der Waals surface area contributed by atoms with Crippen molar-refractivity contribution in [3.63, 3.8) is 0 Å². The van der Waals surface area contributed by atoms with Crippen LogP contribution in [0.5, 0.6) is 0 Å². The number of furan rings is 1. The number of halogens is 1. The lowest BCUT2D eigenvalue weighted by atomic mass is 10.1. The molecule has 3 nitrogen and oxygen atoms in total. The van der Waals surface area contributed by atoms with Crippen LogP contribution in [0.15, 0.2) is 41.0 Å². The van der Waals surface area contributed by atoms with Gasteiger partial charge in [0.25, 0.3) is 5.91 Å². The average molecular weight is 276 g/mol. The Bertz CT molecular complexity index is 620. The summed E-state index contributed by atoms with van der Waals surface area (Å²) < 4.78 is 5.20. The number of hydrogen-bond acceptors (Lipinski definition) is 2. The van der Waals surface area contributed by atoms with Crippen molar-refractivity contribution in [3.05, 3.63) is 59.0 Å². The van der Waals surface area contributed by atoms with Crippen molar-refractivity contribution in [3.8, 4) is 0 Å². The van der Waals surface area contributed by atoms with Gasteiger partial charge in [0.15, 0.2) is 5.76 Å². The van der Waals surface area contributed by atoms with Gasteiger partial charge >= 0.3 is 0 Å². The lowest BCUT2D eigenvalue weighted by Crippen LogP contribution is -2.31. The maximum atomic E-state index is 12.2. The van der Waals surface area contributed by atoms with Crippen LogP contribution in [0.3, 0.4) is 0 Å². The minimum Gasteiger partial charge on any atom is -0.459 e. The maximum absolute atomic E-state index is 12.2. The van der Waals surface area contributed by atoms with E-state index in [1.165, 1.54) is 11.8 Å². The van der Waals surface area contributed by atoms with Crippen LogP contribution in [-0.2, 0) is 6.42 Å². The first-order valence-corrected chi connectivity index (χ1v) is 6.67. The Labute approximate surface area is 116 Å². The zero-order valence-electron chi connectivity index (χ0n) is 10.5. The second-order valence-corrected chi connectivity index (χ2v) is 5.36. The first kappa shape index (κ1) is 12.3. The highest BCUT2D eigenvalue weighted by Crippen LogP contribution is 2.34. The average Bonchev–Trinajstić information content (AvgIpc) is 2.94. The van der Waals surface area contributed by atoms with Gasteiger partial charge in [-0.1, -0.05) is 24.3 Å². The first-order chi connectivity index (χ1) is 9.16.